The summed E-state index contributed by atoms with van der Waals surface area (Å²) >= 11 is 0. The molecule has 0 aromatic heterocycles. The molecule has 0 aromatic rings. The maximum Gasteiger partial charge on any atom is 0.222 e. The van der Waals surface area contributed by atoms with Crippen LogP contribution in [0.25, 0.3) is 0 Å². The van der Waals surface area contributed by atoms with E-state index in [0.29, 0.717) is 19.4 Å². The molecule has 1 amide bonds. The smallest absolute Gasteiger partial charge is 0.222 e. The first-order valence-electron chi connectivity index (χ1n) is 4.60. The number of nitrogens with two attached hydrogens (primary N) is 1. The highest BCUT2D eigenvalue weighted by Crippen LogP contribution is 2.24. The van der Waals surface area contributed by atoms with Gasteiger partial charge in [0, 0.05) is 12.6 Å². The zero-order valence-electron chi connectivity index (χ0n) is 8.43. The molecule has 14 heavy (non-hydrogen) atoms. The number of carbonyl (C=O) groups excluding carboxylic acids is 1. The van der Waals surface area contributed by atoms with Crippen LogP contribution in [0.15, 0.2) is 0 Å². The Labute approximate surface area is 84.3 Å². The molecular formula is C8H16N2O3S. The van der Waals surface area contributed by atoms with Gasteiger partial charge in [0.1, 0.15) is 0 Å². The molecular weight excluding hydrogens is 204 g/mol. The highest BCUT2D eigenvalue weighted by Gasteiger charge is 2.35. The first-order valence-corrected chi connectivity index (χ1v) is 6.45. The first-order chi connectivity index (χ1) is 6.34. The average Bonchev–Trinajstić information content (AvgIpc) is 2.01. The van der Waals surface area contributed by atoms with Gasteiger partial charge >= 0.3 is 0 Å². The maximum absolute atomic E-state index is 11.3. The van der Waals surface area contributed by atoms with Gasteiger partial charge in [-0.2, -0.15) is 4.31 Å². The third-order valence-corrected chi connectivity index (χ3v) is 4.09. The van der Waals surface area contributed by atoms with Crippen LogP contribution in [0.1, 0.15) is 19.8 Å². The lowest BCUT2D eigenvalue weighted by atomic mass is 9.91. The second-order valence-electron chi connectivity index (χ2n) is 3.77. The van der Waals surface area contributed by atoms with E-state index in [2.05, 4.69) is 0 Å². The summed E-state index contributed by atoms with van der Waals surface area (Å²) in [6.45, 7) is 2.22. The molecule has 0 bridgehead atoms. The minimum atomic E-state index is -3.22. The number of rotatable bonds is 2. The summed E-state index contributed by atoms with van der Waals surface area (Å²) in [6, 6.07) is -0.309. The Morgan fingerprint density at radius 3 is 2.50 bits per heavy atom. The van der Waals surface area contributed by atoms with Crippen molar-refractivity contribution in [2.75, 3.05) is 12.8 Å². The van der Waals surface area contributed by atoms with Gasteiger partial charge in [-0.05, 0) is 19.8 Å². The van der Waals surface area contributed by atoms with Crippen LogP contribution in [0, 0.1) is 5.92 Å². The Morgan fingerprint density at radius 2 is 2.07 bits per heavy atom. The third kappa shape index (κ3) is 2.24. The van der Waals surface area contributed by atoms with Crippen LogP contribution >= 0.6 is 0 Å². The van der Waals surface area contributed by atoms with Crippen LogP contribution in [-0.4, -0.2) is 37.5 Å². The molecule has 0 aromatic carbocycles. The molecule has 1 aliphatic heterocycles. The molecule has 0 unspecified atom stereocenters. The number of hydrogen-bond acceptors (Lipinski definition) is 3. The van der Waals surface area contributed by atoms with Crippen molar-refractivity contribution in [3.8, 4) is 0 Å². The molecule has 1 aliphatic rings. The van der Waals surface area contributed by atoms with Crippen molar-refractivity contribution >= 4 is 15.9 Å². The fraction of sp³-hybridized carbons (Fsp3) is 0.875. The third-order valence-electron chi connectivity index (χ3n) is 2.72. The second kappa shape index (κ2) is 3.86. The number of sulfonamides is 1. The Hall–Kier alpha value is -0.620. The van der Waals surface area contributed by atoms with Crippen molar-refractivity contribution in [1.82, 2.24) is 4.31 Å². The predicted octanol–water partition coefficient (Wildman–Crippen LogP) is -0.468. The standard InChI is InChI=1S/C8H16N2O3S/c1-6-7(8(9)11)4-3-5-10(6)14(2,12)13/h6-7H,3-5H2,1-2H3,(H2,9,11)/t6-,7-/m0/s1. The van der Waals surface area contributed by atoms with Crippen LogP contribution < -0.4 is 5.73 Å². The number of nitrogens with zero attached hydrogens (tertiary/aromatic N) is 1. The Bertz CT molecular complexity index is 325. The van der Waals surface area contributed by atoms with Crippen molar-refractivity contribution in [1.29, 1.82) is 0 Å². The van der Waals surface area contributed by atoms with Gasteiger partial charge in [-0.25, -0.2) is 8.42 Å². The molecule has 1 heterocycles. The zero-order valence-corrected chi connectivity index (χ0v) is 9.25. The summed E-state index contributed by atoms with van der Waals surface area (Å²) in [7, 11) is -3.22. The van der Waals surface area contributed by atoms with Crippen molar-refractivity contribution < 1.29 is 13.2 Å². The molecule has 6 heteroatoms. The monoisotopic (exact) mass is 220 g/mol. The highest BCUT2D eigenvalue weighted by molar-refractivity contribution is 7.88. The summed E-state index contributed by atoms with van der Waals surface area (Å²) in [6.07, 6.45) is 2.54. The van der Waals surface area contributed by atoms with E-state index < -0.39 is 15.9 Å². The van der Waals surface area contributed by atoms with Crippen molar-refractivity contribution in [3.63, 3.8) is 0 Å². The summed E-state index contributed by atoms with van der Waals surface area (Å²) in [5.74, 6) is -0.760. The van der Waals surface area contributed by atoms with E-state index in [1.165, 1.54) is 4.31 Å². The van der Waals surface area contributed by atoms with E-state index >= 15 is 0 Å². The fourth-order valence-electron chi connectivity index (χ4n) is 1.96. The second-order valence-corrected chi connectivity index (χ2v) is 5.70. The number of amides is 1. The van der Waals surface area contributed by atoms with Crippen LogP contribution in [-0.2, 0) is 14.8 Å². The molecule has 0 aliphatic carbocycles. The van der Waals surface area contributed by atoms with Gasteiger partial charge in [-0.1, -0.05) is 0 Å². The van der Waals surface area contributed by atoms with Gasteiger partial charge in [0.15, 0.2) is 0 Å². The molecule has 0 radical (unpaired) electrons. The van der Waals surface area contributed by atoms with Crippen LogP contribution in [0.5, 0.6) is 0 Å². The minimum absolute atomic E-state index is 0.309. The Balaban J connectivity index is 2.87. The summed E-state index contributed by atoms with van der Waals surface area (Å²) in [5.41, 5.74) is 5.20. The molecule has 2 atom stereocenters. The van der Waals surface area contributed by atoms with Gasteiger partial charge in [-0.3, -0.25) is 4.79 Å². The van der Waals surface area contributed by atoms with E-state index in [0.717, 1.165) is 6.26 Å². The van der Waals surface area contributed by atoms with Crippen molar-refractivity contribution in [2.45, 2.75) is 25.8 Å². The summed E-state index contributed by atoms with van der Waals surface area (Å²) < 4.78 is 24.0. The van der Waals surface area contributed by atoms with Gasteiger partial charge in [0.05, 0.1) is 12.2 Å². The molecule has 2 N–H and O–H groups in total. The lowest BCUT2D eigenvalue weighted by Crippen LogP contribution is -2.50. The molecule has 1 saturated heterocycles. The molecule has 0 spiro atoms. The van der Waals surface area contributed by atoms with Crippen LogP contribution in [0.4, 0.5) is 0 Å². The Morgan fingerprint density at radius 1 is 1.50 bits per heavy atom. The quantitative estimate of drug-likeness (QED) is 0.683. The minimum Gasteiger partial charge on any atom is -0.369 e. The van der Waals surface area contributed by atoms with E-state index in [1.54, 1.807) is 6.92 Å². The summed E-state index contributed by atoms with van der Waals surface area (Å²) in [5, 5.41) is 0. The summed E-state index contributed by atoms with van der Waals surface area (Å²) in [4.78, 5) is 11.0. The SMILES string of the molecule is C[C@H]1[C@@H](C(N)=O)CCCN1S(C)(=O)=O. The average molecular weight is 220 g/mol. The van der Waals surface area contributed by atoms with Gasteiger partial charge in [-0.15, -0.1) is 0 Å². The van der Waals surface area contributed by atoms with E-state index in [-0.39, 0.29) is 12.0 Å². The van der Waals surface area contributed by atoms with Gasteiger partial charge < -0.3 is 5.73 Å². The van der Waals surface area contributed by atoms with Crippen molar-refractivity contribution in [3.05, 3.63) is 0 Å². The van der Waals surface area contributed by atoms with Gasteiger partial charge in [0.2, 0.25) is 15.9 Å². The molecule has 5 nitrogen and oxygen atoms in total. The van der Waals surface area contributed by atoms with Crippen LogP contribution in [0.2, 0.25) is 0 Å². The first kappa shape index (κ1) is 11.5. The normalized spacial score (nSPS) is 30.1. The van der Waals surface area contributed by atoms with E-state index in [4.69, 9.17) is 5.73 Å². The molecule has 1 fully saturated rings. The number of primary amides is 1. The van der Waals surface area contributed by atoms with E-state index in [1.807, 2.05) is 0 Å². The lowest BCUT2D eigenvalue weighted by molar-refractivity contribution is -0.124. The molecule has 1 rings (SSSR count). The number of piperidine rings is 1. The number of carbonyl (C=O) groups is 1. The van der Waals surface area contributed by atoms with Crippen molar-refractivity contribution in [2.24, 2.45) is 11.7 Å². The maximum atomic E-state index is 11.3. The van der Waals surface area contributed by atoms with E-state index in [9.17, 15) is 13.2 Å². The lowest BCUT2D eigenvalue weighted by Gasteiger charge is -2.35. The molecule has 82 valence electrons. The predicted molar refractivity (Wildman–Crippen MR) is 52.9 cm³/mol. The largest absolute Gasteiger partial charge is 0.369 e. The molecule has 0 saturated carbocycles. The highest BCUT2D eigenvalue weighted by atomic mass is 32.2. The van der Waals surface area contributed by atoms with Crippen LogP contribution in [0.3, 0.4) is 0 Å². The number of hydrogen-bond donors (Lipinski definition) is 1. The fourth-order valence-corrected chi connectivity index (χ4v) is 3.17. The van der Waals surface area contributed by atoms with Gasteiger partial charge in [0.25, 0.3) is 0 Å². The zero-order chi connectivity index (χ0) is 10.9. The topological polar surface area (TPSA) is 80.5 Å². The Kier molecular flexibility index (Phi) is 3.16.